The molecule has 0 fully saturated rings. The summed E-state index contributed by atoms with van der Waals surface area (Å²) < 4.78 is 22.6. The number of hydrogen-bond acceptors (Lipinski definition) is 5. The first-order chi connectivity index (χ1) is 16.5. The molecular formula is C28H38O5Si. The van der Waals surface area contributed by atoms with Crippen LogP contribution in [-0.2, 0) is 15.3 Å². The van der Waals surface area contributed by atoms with Crippen LogP contribution in [-0.4, -0.2) is 29.4 Å². The number of fused-ring (bicyclic) bond motifs is 1. The Hall–Kier alpha value is -2.41. The van der Waals surface area contributed by atoms with Gasteiger partial charge in [-0.05, 0) is 54.8 Å². The van der Waals surface area contributed by atoms with Crippen molar-refractivity contribution in [2.75, 3.05) is 20.8 Å². The molecule has 2 aromatic carbocycles. The Bertz CT molecular complexity index is 1090. The SMILES string of the molecule is CCc1ccc(-c2cc3ccc(OCCCCCCCC[Si](C)(OC)OC)cc3oc2=O)cc1. The first-order valence-corrected chi connectivity index (χ1v) is 14.9. The molecule has 0 aliphatic heterocycles. The molecule has 184 valence electrons. The summed E-state index contributed by atoms with van der Waals surface area (Å²) in [6.45, 7) is 4.89. The maximum absolute atomic E-state index is 12.6. The number of ether oxygens (including phenoxy) is 1. The number of benzene rings is 2. The van der Waals surface area contributed by atoms with E-state index in [0.717, 1.165) is 48.4 Å². The van der Waals surface area contributed by atoms with Crippen LogP contribution in [0, 0.1) is 0 Å². The molecule has 0 atom stereocenters. The molecule has 0 spiro atoms. The molecule has 3 rings (SSSR count). The van der Waals surface area contributed by atoms with E-state index >= 15 is 0 Å². The lowest BCUT2D eigenvalue weighted by Crippen LogP contribution is -2.35. The summed E-state index contributed by atoms with van der Waals surface area (Å²) >= 11 is 0. The van der Waals surface area contributed by atoms with Gasteiger partial charge in [-0.1, -0.05) is 63.3 Å². The van der Waals surface area contributed by atoms with E-state index < -0.39 is 8.56 Å². The Morgan fingerprint density at radius 2 is 1.53 bits per heavy atom. The molecule has 0 unspecified atom stereocenters. The lowest BCUT2D eigenvalue weighted by molar-refractivity contribution is 0.248. The molecule has 34 heavy (non-hydrogen) atoms. The number of unbranched alkanes of at least 4 members (excludes halogenated alkanes) is 5. The predicted molar refractivity (Wildman–Crippen MR) is 141 cm³/mol. The number of rotatable bonds is 14. The Balaban J connectivity index is 1.44. The van der Waals surface area contributed by atoms with Crippen molar-refractivity contribution >= 4 is 19.5 Å². The van der Waals surface area contributed by atoms with Gasteiger partial charge >= 0.3 is 14.2 Å². The van der Waals surface area contributed by atoms with Gasteiger partial charge in [0, 0.05) is 25.7 Å². The fourth-order valence-corrected chi connectivity index (χ4v) is 5.50. The molecular weight excluding hydrogens is 444 g/mol. The van der Waals surface area contributed by atoms with E-state index in [9.17, 15) is 4.79 Å². The van der Waals surface area contributed by atoms with Crippen LogP contribution in [0.15, 0.2) is 57.7 Å². The van der Waals surface area contributed by atoms with Gasteiger partial charge < -0.3 is 18.0 Å². The standard InChI is InChI=1S/C28H38O5Si/c1-5-22-12-14-23(15-13-22)26-20-24-16-17-25(21-27(24)33-28(26)29)32-18-10-8-6-7-9-11-19-34(4,30-2)31-3/h12-17,20-21H,5-11,18-19H2,1-4H3. The Kier molecular flexibility index (Phi) is 9.93. The van der Waals surface area contributed by atoms with Crippen LogP contribution < -0.4 is 10.4 Å². The second kappa shape index (κ2) is 12.9. The lowest BCUT2D eigenvalue weighted by atomic mass is 10.0. The van der Waals surface area contributed by atoms with E-state index in [4.69, 9.17) is 18.0 Å². The molecule has 1 aromatic heterocycles. The Morgan fingerprint density at radius 1 is 0.853 bits per heavy atom. The summed E-state index contributed by atoms with van der Waals surface area (Å²) in [6, 6.07) is 16.7. The summed E-state index contributed by atoms with van der Waals surface area (Å²) in [6.07, 6.45) is 7.93. The number of hydrogen-bond donors (Lipinski definition) is 0. The van der Waals surface area contributed by atoms with E-state index in [0.29, 0.717) is 17.8 Å². The highest BCUT2D eigenvalue weighted by molar-refractivity contribution is 6.65. The van der Waals surface area contributed by atoms with Crippen molar-refractivity contribution in [3.05, 3.63) is 64.5 Å². The van der Waals surface area contributed by atoms with E-state index in [2.05, 4.69) is 25.6 Å². The summed E-state index contributed by atoms with van der Waals surface area (Å²) in [7, 11) is 1.59. The molecule has 0 N–H and O–H groups in total. The molecule has 0 aliphatic carbocycles. The van der Waals surface area contributed by atoms with Crippen LogP contribution in [0.25, 0.3) is 22.1 Å². The van der Waals surface area contributed by atoms with Crippen molar-refractivity contribution < 1.29 is 18.0 Å². The molecule has 3 aromatic rings. The van der Waals surface area contributed by atoms with Gasteiger partial charge in [0.25, 0.3) is 0 Å². The quantitative estimate of drug-likeness (QED) is 0.139. The molecule has 6 heteroatoms. The van der Waals surface area contributed by atoms with Crippen LogP contribution >= 0.6 is 0 Å². The first kappa shape index (κ1) is 26.2. The molecule has 0 saturated heterocycles. The van der Waals surface area contributed by atoms with Crippen molar-refractivity contribution in [1.82, 2.24) is 0 Å². The fourth-order valence-electron chi connectivity index (χ4n) is 4.04. The zero-order chi connectivity index (χ0) is 24.4. The predicted octanol–water partition coefficient (Wildman–Crippen LogP) is 7.11. The highest BCUT2D eigenvalue weighted by atomic mass is 28.4. The highest BCUT2D eigenvalue weighted by Crippen LogP contribution is 2.25. The van der Waals surface area contributed by atoms with Crippen LogP contribution in [0.1, 0.15) is 51.0 Å². The van der Waals surface area contributed by atoms with Gasteiger partial charge in [0.2, 0.25) is 0 Å². The van der Waals surface area contributed by atoms with Crippen molar-refractivity contribution in [2.24, 2.45) is 0 Å². The van der Waals surface area contributed by atoms with E-state index in [1.807, 2.05) is 36.4 Å². The van der Waals surface area contributed by atoms with Gasteiger partial charge in [0.15, 0.2) is 0 Å². The molecule has 0 bridgehead atoms. The zero-order valence-corrected chi connectivity index (χ0v) is 22.0. The van der Waals surface area contributed by atoms with Gasteiger partial charge in [0.05, 0.1) is 12.2 Å². The second-order valence-electron chi connectivity index (χ2n) is 8.96. The third-order valence-corrected chi connectivity index (χ3v) is 9.53. The van der Waals surface area contributed by atoms with Gasteiger partial charge in [-0.3, -0.25) is 0 Å². The average Bonchev–Trinajstić information content (AvgIpc) is 2.87. The fraction of sp³-hybridized carbons (Fsp3) is 0.464. The maximum Gasteiger partial charge on any atom is 0.344 e. The highest BCUT2D eigenvalue weighted by Gasteiger charge is 2.27. The van der Waals surface area contributed by atoms with Crippen molar-refractivity contribution in [3.8, 4) is 16.9 Å². The third-order valence-electron chi connectivity index (χ3n) is 6.54. The zero-order valence-electron chi connectivity index (χ0n) is 21.0. The lowest BCUT2D eigenvalue weighted by Gasteiger charge is -2.22. The summed E-state index contributed by atoms with van der Waals surface area (Å²) in [5.74, 6) is 0.735. The van der Waals surface area contributed by atoms with E-state index in [1.165, 1.54) is 24.8 Å². The van der Waals surface area contributed by atoms with Crippen molar-refractivity contribution in [2.45, 2.75) is 64.5 Å². The van der Waals surface area contributed by atoms with Crippen molar-refractivity contribution in [3.63, 3.8) is 0 Å². The summed E-state index contributed by atoms with van der Waals surface area (Å²) in [4.78, 5) is 12.6. The summed E-state index contributed by atoms with van der Waals surface area (Å²) in [5.41, 5.74) is 2.93. The molecule has 5 nitrogen and oxygen atoms in total. The van der Waals surface area contributed by atoms with E-state index in [1.54, 1.807) is 14.2 Å². The van der Waals surface area contributed by atoms with Gasteiger partial charge in [-0.25, -0.2) is 4.79 Å². The third kappa shape index (κ3) is 7.29. The van der Waals surface area contributed by atoms with Crippen LogP contribution in [0.2, 0.25) is 12.6 Å². The molecule has 0 aliphatic rings. The van der Waals surface area contributed by atoms with E-state index in [-0.39, 0.29) is 5.63 Å². The minimum absolute atomic E-state index is 0.326. The molecule has 0 radical (unpaired) electrons. The second-order valence-corrected chi connectivity index (χ2v) is 12.5. The van der Waals surface area contributed by atoms with Crippen LogP contribution in [0.3, 0.4) is 0 Å². The molecule has 0 saturated carbocycles. The minimum atomic E-state index is -1.91. The minimum Gasteiger partial charge on any atom is -0.493 e. The smallest absolute Gasteiger partial charge is 0.344 e. The Morgan fingerprint density at radius 3 is 2.21 bits per heavy atom. The normalized spacial score (nSPS) is 11.8. The topological polar surface area (TPSA) is 57.9 Å². The first-order valence-electron chi connectivity index (χ1n) is 12.4. The van der Waals surface area contributed by atoms with Gasteiger partial charge in [-0.2, -0.15) is 0 Å². The van der Waals surface area contributed by atoms with Crippen LogP contribution in [0.4, 0.5) is 0 Å². The van der Waals surface area contributed by atoms with Gasteiger partial charge in [-0.15, -0.1) is 0 Å². The van der Waals surface area contributed by atoms with Gasteiger partial charge in [0.1, 0.15) is 11.3 Å². The molecule has 1 heterocycles. The average molecular weight is 483 g/mol. The molecule has 0 amide bonds. The van der Waals surface area contributed by atoms with Crippen molar-refractivity contribution in [1.29, 1.82) is 0 Å². The summed E-state index contributed by atoms with van der Waals surface area (Å²) in [5, 5.41) is 0.891. The maximum atomic E-state index is 12.6. The Labute approximate surface area is 204 Å². The monoisotopic (exact) mass is 482 g/mol. The largest absolute Gasteiger partial charge is 0.493 e. The number of aryl methyl sites for hydroxylation is 1. The van der Waals surface area contributed by atoms with Crippen LogP contribution in [0.5, 0.6) is 5.75 Å².